The van der Waals surface area contributed by atoms with Crippen LogP contribution in [0.1, 0.15) is 29.4 Å². The van der Waals surface area contributed by atoms with Gasteiger partial charge < -0.3 is 15.5 Å². The van der Waals surface area contributed by atoms with Crippen LogP contribution in [-0.2, 0) is 4.74 Å². The summed E-state index contributed by atoms with van der Waals surface area (Å²) in [6.07, 6.45) is 0.772. The van der Waals surface area contributed by atoms with Gasteiger partial charge in [0.25, 0.3) is 0 Å². The second-order valence-electron chi connectivity index (χ2n) is 4.46. The summed E-state index contributed by atoms with van der Waals surface area (Å²) in [5, 5.41) is 0. The molecular weight excluding hydrogens is 214 g/mol. The Morgan fingerprint density at radius 2 is 2.06 bits per heavy atom. The fourth-order valence-corrected chi connectivity index (χ4v) is 1.85. The molecule has 4 heteroatoms. The third-order valence-electron chi connectivity index (χ3n) is 3.10. The molecule has 0 radical (unpaired) electrons. The smallest absolute Gasteiger partial charge is 0.124 e. The van der Waals surface area contributed by atoms with E-state index >= 15 is 0 Å². The average Bonchev–Trinajstić information content (AvgIpc) is 2.69. The molecule has 0 amide bonds. The van der Waals surface area contributed by atoms with Gasteiger partial charge in [0.1, 0.15) is 5.82 Å². The first kappa shape index (κ1) is 12.1. The zero-order valence-corrected chi connectivity index (χ0v) is 10.6. The normalized spacial score (nSPS) is 13.2. The van der Waals surface area contributed by atoms with Crippen molar-refractivity contribution < 1.29 is 4.74 Å². The van der Waals surface area contributed by atoms with E-state index in [9.17, 15) is 0 Å². The SMILES string of the molecule is COCCC(N)c1nc2cc(C)c(C)cc2[nH]1. The van der Waals surface area contributed by atoms with Crippen molar-refractivity contribution >= 4 is 11.0 Å². The number of imidazole rings is 1. The number of nitrogens with two attached hydrogens (primary N) is 1. The highest BCUT2D eigenvalue weighted by atomic mass is 16.5. The van der Waals surface area contributed by atoms with Gasteiger partial charge in [-0.3, -0.25) is 0 Å². The van der Waals surface area contributed by atoms with Crippen LogP contribution < -0.4 is 5.73 Å². The molecular formula is C13H19N3O. The van der Waals surface area contributed by atoms with E-state index in [-0.39, 0.29) is 6.04 Å². The molecule has 2 aromatic rings. The van der Waals surface area contributed by atoms with Gasteiger partial charge >= 0.3 is 0 Å². The van der Waals surface area contributed by atoms with Crippen LogP contribution in [0, 0.1) is 13.8 Å². The molecule has 0 saturated heterocycles. The highest BCUT2D eigenvalue weighted by molar-refractivity contribution is 5.77. The third kappa shape index (κ3) is 2.48. The zero-order valence-electron chi connectivity index (χ0n) is 10.6. The first-order valence-corrected chi connectivity index (χ1v) is 5.83. The van der Waals surface area contributed by atoms with E-state index in [1.54, 1.807) is 7.11 Å². The molecule has 1 atom stereocenters. The van der Waals surface area contributed by atoms with Gasteiger partial charge in [0.05, 0.1) is 17.1 Å². The van der Waals surface area contributed by atoms with Gasteiger partial charge in [0.15, 0.2) is 0 Å². The molecule has 3 N–H and O–H groups in total. The van der Waals surface area contributed by atoms with Gasteiger partial charge in [-0.2, -0.15) is 0 Å². The summed E-state index contributed by atoms with van der Waals surface area (Å²) in [6, 6.07) is 4.11. The highest BCUT2D eigenvalue weighted by Gasteiger charge is 2.11. The molecule has 1 unspecified atom stereocenters. The fourth-order valence-electron chi connectivity index (χ4n) is 1.85. The van der Waals surface area contributed by atoms with E-state index in [4.69, 9.17) is 10.5 Å². The van der Waals surface area contributed by atoms with Gasteiger partial charge in [-0.25, -0.2) is 4.98 Å². The van der Waals surface area contributed by atoms with E-state index in [2.05, 4.69) is 35.9 Å². The molecule has 0 aliphatic carbocycles. The first-order chi connectivity index (χ1) is 8.11. The van der Waals surface area contributed by atoms with E-state index in [0.29, 0.717) is 6.61 Å². The van der Waals surface area contributed by atoms with Crippen molar-refractivity contribution in [2.24, 2.45) is 5.73 Å². The van der Waals surface area contributed by atoms with Gasteiger partial charge in [-0.1, -0.05) is 0 Å². The Morgan fingerprint density at radius 1 is 1.35 bits per heavy atom. The lowest BCUT2D eigenvalue weighted by molar-refractivity contribution is 0.187. The largest absolute Gasteiger partial charge is 0.385 e. The number of rotatable bonds is 4. The number of nitrogens with zero attached hydrogens (tertiary/aromatic N) is 1. The van der Waals surface area contributed by atoms with Crippen LogP contribution in [-0.4, -0.2) is 23.7 Å². The van der Waals surface area contributed by atoms with Crippen LogP contribution in [0.4, 0.5) is 0 Å². The Bertz CT molecular complexity index is 480. The van der Waals surface area contributed by atoms with Gasteiger partial charge in [0.2, 0.25) is 0 Å². The summed E-state index contributed by atoms with van der Waals surface area (Å²) < 4.78 is 5.02. The number of nitrogens with one attached hydrogen (secondary N) is 1. The lowest BCUT2D eigenvalue weighted by Gasteiger charge is -2.06. The zero-order chi connectivity index (χ0) is 12.4. The number of methoxy groups -OCH3 is 1. The van der Waals surface area contributed by atoms with Crippen LogP contribution in [0.5, 0.6) is 0 Å². The molecule has 92 valence electrons. The number of aromatic amines is 1. The number of aryl methyl sites for hydroxylation is 2. The Morgan fingerprint density at radius 3 is 2.76 bits per heavy atom. The van der Waals surface area contributed by atoms with Crippen LogP contribution in [0.15, 0.2) is 12.1 Å². The monoisotopic (exact) mass is 233 g/mol. The summed E-state index contributed by atoms with van der Waals surface area (Å²) in [5.41, 5.74) is 10.6. The molecule has 0 saturated carbocycles. The van der Waals surface area contributed by atoms with Gasteiger partial charge in [-0.05, 0) is 43.5 Å². The molecule has 0 bridgehead atoms. The number of benzene rings is 1. The van der Waals surface area contributed by atoms with Gasteiger partial charge in [0, 0.05) is 13.7 Å². The molecule has 17 heavy (non-hydrogen) atoms. The van der Waals surface area contributed by atoms with E-state index in [0.717, 1.165) is 23.3 Å². The quantitative estimate of drug-likeness (QED) is 0.851. The number of aromatic nitrogens is 2. The standard InChI is InChI=1S/C13H19N3O/c1-8-6-11-12(7-9(8)2)16-13(15-11)10(14)4-5-17-3/h6-7,10H,4-5,14H2,1-3H3,(H,15,16). The summed E-state index contributed by atoms with van der Waals surface area (Å²) in [5.74, 6) is 0.835. The van der Waals surface area contributed by atoms with Crippen LogP contribution in [0.2, 0.25) is 0 Å². The highest BCUT2D eigenvalue weighted by Crippen LogP contribution is 2.20. The summed E-state index contributed by atoms with van der Waals surface area (Å²) in [6.45, 7) is 4.84. The van der Waals surface area contributed by atoms with Gasteiger partial charge in [-0.15, -0.1) is 0 Å². The summed E-state index contributed by atoms with van der Waals surface area (Å²) >= 11 is 0. The predicted molar refractivity (Wildman–Crippen MR) is 69.0 cm³/mol. The second kappa shape index (κ2) is 4.85. The maximum atomic E-state index is 6.05. The Balaban J connectivity index is 2.31. The van der Waals surface area contributed by atoms with Crippen molar-refractivity contribution in [3.63, 3.8) is 0 Å². The lowest BCUT2D eigenvalue weighted by atomic mass is 10.1. The number of H-pyrrole nitrogens is 1. The topological polar surface area (TPSA) is 63.9 Å². The number of hydrogen-bond donors (Lipinski definition) is 2. The van der Waals surface area contributed by atoms with Crippen molar-refractivity contribution in [2.45, 2.75) is 26.3 Å². The van der Waals surface area contributed by atoms with Crippen molar-refractivity contribution in [1.82, 2.24) is 9.97 Å². The first-order valence-electron chi connectivity index (χ1n) is 5.83. The van der Waals surface area contributed by atoms with E-state index in [1.807, 2.05) is 0 Å². The number of hydrogen-bond acceptors (Lipinski definition) is 3. The average molecular weight is 233 g/mol. The molecule has 0 aliphatic rings. The number of ether oxygens (including phenoxy) is 1. The summed E-state index contributed by atoms with van der Waals surface area (Å²) in [7, 11) is 1.68. The van der Waals surface area contributed by atoms with Crippen LogP contribution >= 0.6 is 0 Å². The Hall–Kier alpha value is -1.39. The molecule has 1 aromatic heterocycles. The third-order valence-corrected chi connectivity index (χ3v) is 3.10. The maximum absolute atomic E-state index is 6.05. The molecule has 4 nitrogen and oxygen atoms in total. The van der Waals surface area contributed by atoms with E-state index in [1.165, 1.54) is 11.1 Å². The maximum Gasteiger partial charge on any atom is 0.124 e. The van der Waals surface area contributed by atoms with Crippen molar-refractivity contribution in [2.75, 3.05) is 13.7 Å². The molecule has 0 spiro atoms. The van der Waals surface area contributed by atoms with Crippen molar-refractivity contribution in [3.8, 4) is 0 Å². The molecule has 1 heterocycles. The fraction of sp³-hybridized carbons (Fsp3) is 0.462. The molecule has 2 rings (SSSR count). The minimum absolute atomic E-state index is 0.0945. The van der Waals surface area contributed by atoms with Crippen molar-refractivity contribution in [1.29, 1.82) is 0 Å². The molecule has 1 aromatic carbocycles. The minimum Gasteiger partial charge on any atom is -0.385 e. The number of fused-ring (bicyclic) bond motifs is 1. The Labute approximate surface area is 101 Å². The van der Waals surface area contributed by atoms with E-state index < -0.39 is 0 Å². The summed E-state index contributed by atoms with van der Waals surface area (Å²) in [4.78, 5) is 7.81. The Kier molecular flexibility index (Phi) is 3.45. The van der Waals surface area contributed by atoms with Crippen LogP contribution in [0.3, 0.4) is 0 Å². The minimum atomic E-state index is -0.0945. The lowest BCUT2D eigenvalue weighted by Crippen LogP contribution is -2.14. The van der Waals surface area contributed by atoms with Crippen LogP contribution in [0.25, 0.3) is 11.0 Å². The predicted octanol–water partition coefficient (Wildman–Crippen LogP) is 2.22. The van der Waals surface area contributed by atoms with Crippen molar-refractivity contribution in [3.05, 3.63) is 29.1 Å². The second-order valence-corrected chi connectivity index (χ2v) is 4.46. The molecule has 0 fully saturated rings. The molecule has 0 aliphatic heterocycles.